The Morgan fingerprint density at radius 1 is 1.41 bits per heavy atom. The second-order valence-corrected chi connectivity index (χ2v) is 4.02. The Kier molecular flexibility index (Phi) is 3.13. The minimum absolute atomic E-state index is 0.112. The molecule has 0 spiro atoms. The summed E-state index contributed by atoms with van der Waals surface area (Å²) in [6.45, 7) is 2.15. The van der Waals surface area contributed by atoms with Crippen molar-refractivity contribution < 1.29 is 14.3 Å². The number of rotatable bonds is 2. The predicted molar refractivity (Wildman–Crippen MR) is 64.1 cm³/mol. The number of aryl methyl sites for hydroxylation is 1. The van der Waals surface area contributed by atoms with Crippen LogP contribution in [-0.2, 0) is 16.0 Å². The van der Waals surface area contributed by atoms with Crippen LogP contribution >= 0.6 is 0 Å². The molecule has 1 aliphatic heterocycles. The molecule has 0 aliphatic carbocycles. The van der Waals surface area contributed by atoms with Crippen molar-refractivity contribution in [2.24, 2.45) is 0 Å². The molecular formula is C13H15NO3. The maximum Gasteiger partial charge on any atom is 0.338 e. The van der Waals surface area contributed by atoms with Crippen LogP contribution in [0.2, 0.25) is 0 Å². The molecule has 0 saturated carbocycles. The zero-order valence-electron chi connectivity index (χ0n) is 10.0. The maximum absolute atomic E-state index is 11.6. The first-order valence-corrected chi connectivity index (χ1v) is 5.70. The Morgan fingerprint density at radius 2 is 2.18 bits per heavy atom. The zero-order valence-corrected chi connectivity index (χ0v) is 10.0. The van der Waals surface area contributed by atoms with Gasteiger partial charge in [-0.2, -0.15) is 0 Å². The SMILES string of the molecule is CCOC(=O)c1ccc2c(c1)CCC(=O)N2C. The number of carbonyl (C=O) groups excluding carboxylic acids is 2. The lowest BCUT2D eigenvalue weighted by molar-refractivity contribution is -0.118. The molecule has 4 nitrogen and oxygen atoms in total. The average molecular weight is 233 g/mol. The van der Waals surface area contributed by atoms with Gasteiger partial charge in [-0.15, -0.1) is 0 Å². The summed E-state index contributed by atoms with van der Waals surface area (Å²) >= 11 is 0. The van der Waals surface area contributed by atoms with E-state index in [0.29, 0.717) is 25.0 Å². The van der Waals surface area contributed by atoms with Gasteiger partial charge in [-0.3, -0.25) is 4.79 Å². The summed E-state index contributed by atoms with van der Waals surface area (Å²) in [5, 5.41) is 0. The monoisotopic (exact) mass is 233 g/mol. The van der Waals surface area contributed by atoms with E-state index in [1.807, 2.05) is 6.07 Å². The van der Waals surface area contributed by atoms with E-state index in [0.717, 1.165) is 11.3 Å². The van der Waals surface area contributed by atoms with Gasteiger partial charge in [-0.05, 0) is 37.1 Å². The molecule has 1 amide bonds. The topological polar surface area (TPSA) is 46.6 Å². The highest BCUT2D eigenvalue weighted by Crippen LogP contribution is 2.27. The van der Waals surface area contributed by atoms with Crippen molar-refractivity contribution in [1.29, 1.82) is 0 Å². The summed E-state index contributed by atoms with van der Waals surface area (Å²) in [6, 6.07) is 5.32. The number of hydrogen-bond donors (Lipinski definition) is 0. The van der Waals surface area contributed by atoms with Gasteiger partial charge < -0.3 is 9.64 Å². The molecule has 1 heterocycles. The summed E-state index contributed by atoms with van der Waals surface area (Å²) in [6.07, 6.45) is 1.18. The number of amides is 1. The van der Waals surface area contributed by atoms with Crippen molar-refractivity contribution >= 4 is 17.6 Å². The molecular weight excluding hydrogens is 218 g/mol. The first-order chi connectivity index (χ1) is 8.13. The summed E-state index contributed by atoms with van der Waals surface area (Å²) in [5.74, 6) is -0.198. The van der Waals surface area contributed by atoms with Crippen LogP contribution in [-0.4, -0.2) is 25.5 Å². The summed E-state index contributed by atoms with van der Waals surface area (Å²) in [7, 11) is 1.75. The van der Waals surface area contributed by atoms with Gasteiger partial charge in [0.25, 0.3) is 0 Å². The molecule has 0 N–H and O–H groups in total. The van der Waals surface area contributed by atoms with E-state index in [1.54, 1.807) is 31.0 Å². The number of hydrogen-bond acceptors (Lipinski definition) is 3. The van der Waals surface area contributed by atoms with Crippen molar-refractivity contribution in [3.63, 3.8) is 0 Å². The highest BCUT2D eigenvalue weighted by molar-refractivity contribution is 5.97. The molecule has 1 aromatic rings. The van der Waals surface area contributed by atoms with Crippen LogP contribution in [0, 0.1) is 0 Å². The van der Waals surface area contributed by atoms with E-state index in [2.05, 4.69) is 0 Å². The van der Waals surface area contributed by atoms with Crippen molar-refractivity contribution in [2.45, 2.75) is 19.8 Å². The van der Waals surface area contributed by atoms with Gasteiger partial charge in [0, 0.05) is 19.2 Å². The van der Waals surface area contributed by atoms with Crippen molar-refractivity contribution in [3.8, 4) is 0 Å². The van der Waals surface area contributed by atoms with Crippen LogP contribution in [0.4, 0.5) is 5.69 Å². The van der Waals surface area contributed by atoms with E-state index in [1.165, 1.54) is 0 Å². The molecule has 1 aliphatic rings. The van der Waals surface area contributed by atoms with E-state index < -0.39 is 0 Å². The van der Waals surface area contributed by atoms with Gasteiger partial charge in [0.2, 0.25) is 5.91 Å². The minimum atomic E-state index is -0.310. The number of nitrogens with zero attached hydrogens (tertiary/aromatic N) is 1. The Bertz CT molecular complexity index is 468. The zero-order chi connectivity index (χ0) is 12.4. The Hall–Kier alpha value is -1.84. The van der Waals surface area contributed by atoms with Crippen molar-refractivity contribution in [2.75, 3.05) is 18.6 Å². The molecule has 2 rings (SSSR count). The molecule has 90 valence electrons. The molecule has 0 unspecified atom stereocenters. The van der Waals surface area contributed by atoms with Crippen molar-refractivity contribution in [3.05, 3.63) is 29.3 Å². The lowest BCUT2D eigenvalue weighted by atomic mass is 9.99. The van der Waals surface area contributed by atoms with Crippen LogP contribution in [0.25, 0.3) is 0 Å². The predicted octanol–water partition coefficient (Wildman–Crippen LogP) is 1.77. The lowest BCUT2D eigenvalue weighted by Gasteiger charge is -2.25. The number of esters is 1. The number of anilines is 1. The quantitative estimate of drug-likeness (QED) is 0.731. The standard InChI is InChI=1S/C13H15NO3/c1-3-17-13(16)10-4-6-11-9(8-10)5-7-12(15)14(11)2/h4,6,8H,3,5,7H2,1-2H3. The summed E-state index contributed by atoms with van der Waals surface area (Å²) in [4.78, 5) is 24.7. The van der Waals surface area contributed by atoms with Gasteiger partial charge in [-0.25, -0.2) is 4.79 Å². The first-order valence-electron chi connectivity index (χ1n) is 5.70. The number of benzene rings is 1. The highest BCUT2D eigenvalue weighted by Gasteiger charge is 2.21. The van der Waals surface area contributed by atoms with E-state index in [4.69, 9.17) is 4.74 Å². The molecule has 4 heteroatoms. The average Bonchev–Trinajstić information content (AvgIpc) is 2.34. The maximum atomic E-state index is 11.6. The number of carbonyl (C=O) groups is 2. The van der Waals surface area contributed by atoms with Crippen LogP contribution in [0.1, 0.15) is 29.3 Å². The van der Waals surface area contributed by atoms with Gasteiger partial charge in [-0.1, -0.05) is 0 Å². The normalized spacial score (nSPS) is 14.5. The second-order valence-electron chi connectivity index (χ2n) is 4.02. The van der Waals surface area contributed by atoms with Gasteiger partial charge in [0.05, 0.1) is 12.2 Å². The summed E-state index contributed by atoms with van der Waals surface area (Å²) in [5.41, 5.74) is 2.46. The molecule has 0 saturated heterocycles. The van der Waals surface area contributed by atoms with Crippen LogP contribution in [0.3, 0.4) is 0 Å². The van der Waals surface area contributed by atoms with Crippen molar-refractivity contribution in [1.82, 2.24) is 0 Å². The van der Waals surface area contributed by atoms with E-state index in [-0.39, 0.29) is 11.9 Å². The third kappa shape index (κ3) is 2.16. The number of ether oxygens (including phenoxy) is 1. The second kappa shape index (κ2) is 4.57. The molecule has 0 atom stereocenters. The Balaban J connectivity index is 2.32. The first kappa shape index (κ1) is 11.6. The Morgan fingerprint density at radius 3 is 2.88 bits per heavy atom. The smallest absolute Gasteiger partial charge is 0.338 e. The van der Waals surface area contributed by atoms with Crippen LogP contribution in [0.5, 0.6) is 0 Å². The molecule has 0 aromatic heterocycles. The third-order valence-corrected chi connectivity index (χ3v) is 2.93. The third-order valence-electron chi connectivity index (χ3n) is 2.93. The lowest BCUT2D eigenvalue weighted by Crippen LogP contribution is -2.31. The molecule has 17 heavy (non-hydrogen) atoms. The fraction of sp³-hybridized carbons (Fsp3) is 0.385. The molecule has 0 radical (unpaired) electrons. The number of fused-ring (bicyclic) bond motifs is 1. The largest absolute Gasteiger partial charge is 0.462 e. The van der Waals surface area contributed by atoms with Crippen LogP contribution in [0.15, 0.2) is 18.2 Å². The van der Waals surface area contributed by atoms with E-state index in [9.17, 15) is 9.59 Å². The summed E-state index contributed by atoms with van der Waals surface area (Å²) < 4.78 is 4.95. The minimum Gasteiger partial charge on any atom is -0.462 e. The fourth-order valence-corrected chi connectivity index (χ4v) is 2.00. The molecule has 0 bridgehead atoms. The van der Waals surface area contributed by atoms with Gasteiger partial charge in [0.15, 0.2) is 0 Å². The molecule has 1 aromatic carbocycles. The van der Waals surface area contributed by atoms with Gasteiger partial charge >= 0.3 is 5.97 Å². The highest BCUT2D eigenvalue weighted by atomic mass is 16.5. The molecule has 0 fully saturated rings. The fourth-order valence-electron chi connectivity index (χ4n) is 2.00. The van der Waals surface area contributed by atoms with Gasteiger partial charge in [0.1, 0.15) is 0 Å². The van der Waals surface area contributed by atoms with Crippen LogP contribution < -0.4 is 4.90 Å². The Labute approximate surface area is 100 Å². The van der Waals surface area contributed by atoms with E-state index >= 15 is 0 Å².